The number of hydrogen-bond acceptors (Lipinski definition) is 3. The van der Waals surface area contributed by atoms with Crippen molar-refractivity contribution in [3.63, 3.8) is 0 Å². The number of hydrogen-bond donors (Lipinski definition) is 0. The van der Waals surface area contributed by atoms with Gasteiger partial charge in [-0.2, -0.15) is 0 Å². The van der Waals surface area contributed by atoms with E-state index in [-0.39, 0.29) is 0 Å². The first-order chi connectivity index (χ1) is 8.38. The summed E-state index contributed by atoms with van der Waals surface area (Å²) in [6.45, 7) is 1.51. The number of carbonyl (C=O) groups is 1. The molecule has 17 heavy (non-hydrogen) atoms. The number of ether oxygens (including phenoxy) is 1. The smallest absolute Gasteiger partial charge is 0.150 e. The predicted octanol–water partition coefficient (Wildman–Crippen LogP) is 2.16. The number of aldehydes is 1. The molecule has 2 rings (SSSR count). The molecule has 1 heterocycles. The molecule has 0 saturated heterocycles. The molecule has 88 valence electrons. The summed E-state index contributed by atoms with van der Waals surface area (Å²) in [4.78, 5) is 14.5. The summed E-state index contributed by atoms with van der Waals surface area (Å²) in [7, 11) is 0. The van der Waals surface area contributed by atoms with Gasteiger partial charge in [-0.05, 0) is 18.6 Å². The summed E-state index contributed by atoms with van der Waals surface area (Å²) in [5.74, 6) is 0.736. The molecule has 4 heteroatoms. The Kier molecular flexibility index (Phi) is 3.91. The van der Waals surface area contributed by atoms with Crippen LogP contribution in [0.5, 0.6) is 5.75 Å². The normalized spacial score (nSPS) is 10.1. The average Bonchev–Trinajstić information content (AvgIpc) is 2.88. The average molecular weight is 230 g/mol. The lowest BCUT2D eigenvalue weighted by Crippen LogP contribution is -2.03. The molecule has 0 fully saturated rings. The van der Waals surface area contributed by atoms with Crippen LogP contribution in [0.25, 0.3) is 0 Å². The van der Waals surface area contributed by atoms with Gasteiger partial charge in [0.05, 0.1) is 12.9 Å². The lowest BCUT2D eigenvalue weighted by Gasteiger charge is -2.06. The lowest BCUT2D eigenvalue weighted by atomic mass is 10.2. The Bertz CT molecular complexity index is 466. The van der Waals surface area contributed by atoms with Gasteiger partial charge in [-0.25, -0.2) is 4.98 Å². The van der Waals surface area contributed by atoms with Crippen molar-refractivity contribution < 1.29 is 9.53 Å². The van der Waals surface area contributed by atoms with Crippen molar-refractivity contribution in [2.45, 2.75) is 13.0 Å². The molecular formula is C13H14N2O2. The van der Waals surface area contributed by atoms with Crippen molar-refractivity contribution >= 4 is 6.29 Å². The van der Waals surface area contributed by atoms with Crippen LogP contribution in [0.2, 0.25) is 0 Å². The van der Waals surface area contributed by atoms with E-state index in [0.29, 0.717) is 12.2 Å². The molecule has 0 atom stereocenters. The molecule has 1 aromatic carbocycles. The van der Waals surface area contributed by atoms with Gasteiger partial charge in [-0.15, -0.1) is 0 Å². The lowest BCUT2D eigenvalue weighted by molar-refractivity contribution is 0.112. The van der Waals surface area contributed by atoms with E-state index in [4.69, 9.17) is 4.74 Å². The van der Waals surface area contributed by atoms with E-state index >= 15 is 0 Å². The summed E-state index contributed by atoms with van der Waals surface area (Å²) in [5.41, 5.74) is 0.636. The van der Waals surface area contributed by atoms with Crippen LogP contribution in [0.15, 0.2) is 43.0 Å². The highest BCUT2D eigenvalue weighted by atomic mass is 16.5. The zero-order valence-electron chi connectivity index (χ0n) is 9.45. The molecule has 0 saturated carbocycles. The van der Waals surface area contributed by atoms with Crippen molar-refractivity contribution in [3.8, 4) is 5.75 Å². The number of aryl methyl sites for hydroxylation is 1. The van der Waals surface area contributed by atoms with E-state index in [2.05, 4.69) is 4.98 Å². The summed E-state index contributed by atoms with van der Waals surface area (Å²) in [6, 6.07) is 7.16. The number of carbonyl (C=O) groups excluding carboxylic acids is 1. The van der Waals surface area contributed by atoms with Crippen LogP contribution in [0.3, 0.4) is 0 Å². The van der Waals surface area contributed by atoms with Crippen LogP contribution in [-0.2, 0) is 6.54 Å². The van der Waals surface area contributed by atoms with E-state index in [1.54, 1.807) is 24.7 Å². The molecule has 0 unspecified atom stereocenters. The Labute approximate surface area is 99.9 Å². The molecule has 0 bridgehead atoms. The zero-order chi connectivity index (χ0) is 11.9. The fourth-order valence-electron chi connectivity index (χ4n) is 1.53. The summed E-state index contributed by atoms with van der Waals surface area (Å²) in [6.07, 6.45) is 7.19. The monoisotopic (exact) mass is 230 g/mol. The third-order valence-electron chi connectivity index (χ3n) is 2.38. The van der Waals surface area contributed by atoms with Crippen molar-refractivity contribution in [2.75, 3.05) is 6.61 Å². The fraction of sp³-hybridized carbons (Fsp3) is 0.231. The highest BCUT2D eigenvalue weighted by Crippen LogP contribution is 2.12. The Morgan fingerprint density at radius 1 is 1.41 bits per heavy atom. The van der Waals surface area contributed by atoms with Gasteiger partial charge in [-0.3, -0.25) is 4.79 Å². The van der Waals surface area contributed by atoms with Crippen LogP contribution in [0, 0.1) is 0 Å². The third kappa shape index (κ3) is 3.45. The Balaban J connectivity index is 1.76. The van der Waals surface area contributed by atoms with E-state index in [1.807, 2.05) is 22.9 Å². The maximum Gasteiger partial charge on any atom is 0.150 e. The van der Waals surface area contributed by atoms with Crippen molar-refractivity contribution in [2.24, 2.45) is 0 Å². The van der Waals surface area contributed by atoms with Gasteiger partial charge < -0.3 is 9.30 Å². The Morgan fingerprint density at radius 2 is 2.35 bits per heavy atom. The highest BCUT2D eigenvalue weighted by molar-refractivity contribution is 5.75. The molecule has 0 aliphatic heterocycles. The number of benzene rings is 1. The first kappa shape index (κ1) is 11.4. The van der Waals surface area contributed by atoms with Crippen molar-refractivity contribution in [1.82, 2.24) is 9.55 Å². The molecule has 0 N–H and O–H groups in total. The van der Waals surface area contributed by atoms with Gasteiger partial charge >= 0.3 is 0 Å². The maximum absolute atomic E-state index is 10.6. The third-order valence-corrected chi connectivity index (χ3v) is 2.38. The minimum atomic E-state index is 0.625. The van der Waals surface area contributed by atoms with Gasteiger partial charge in [0.15, 0.2) is 0 Å². The zero-order valence-corrected chi connectivity index (χ0v) is 9.45. The van der Waals surface area contributed by atoms with Gasteiger partial charge in [0, 0.05) is 24.5 Å². The van der Waals surface area contributed by atoms with E-state index in [0.717, 1.165) is 25.0 Å². The SMILES string of the molecule is O=Cc1cccc(OCCCn2ccnc2)c1. The van der Waals surface area contributed by atoms with Crippen LogP contribution in [0.1, 0.15) is 16.8 Å². The second-order valence-corrected chi connectivity index (χ2v) is 3.69. The van der Waals surface area contributed by atoms with Gasteiger partial charge in [0.25, 0.3) is 0 Å². The molecular weight excluding hydrogens is 216 g/mol. The molecule has 1 aromatic heterocycles. The van der Waals surface area contributed by atoms with Gasteiger partial charge in [0.1, 0.15) is 12.0 Å². The largest absolute Gasteiger partial charge is 0.494 e. The minimum absolute atomic E-state index is 0.625. The summed E-state index contributed by atoms with van der Waals surface area (Å²) in [5, 5.41) is 0. The fourth-order valence-corrected chi connectivity index (χ4v) is 1.53. The van der Waals surface area contributed by atoms with Gasteiger partial charge in [-0.1, -0.05) is 12.1 Å². The van der Waals surface area contributed by atoms with E-state index < -0.39 is 0 Å². The molecule has 0 amide bonds. The van der Waals surface area contributed by atoms with Crippen LogP contribution in [-0.4, -0.2) is 22.4 Å². The number of aromatic nitrogens is 2. The number of rotatable bonds is 6. The van der Waals surface area contributed by atoms with Crippen LogP contribution in [0.4, 0.5) is 0 Å². The van der Waals surface area contributed by atoms with E-state index in [1.165, 1.54) is 0 Å². The second kappa shape index (κ2) is 5.84. The summed E-state index contributed by atoms with van der Waals surface area (Å²) >= 11 is 0. The Morgan fingerprint density at radius 3 is 3.12 bits per heavy atom. The molecule has 4 nitrogen and oxygen atoms in total. The predicted molar refractivity (Wildman–Crippen MR) is 64.2 cm³/mol. The number of nitrogens with zero attached hydrogens (tertiary/aromatic N) is 2. The first-order valence-corrected chi connectivity index (χ1v) is 5.52. The van der Waals surface area contributed by atoms with Crippen molar-refractivity contribution in [1.29, 1.82) is 0 Å². The standard InChI is InChI=1S/C13H14N2O2/c16-10-12-3-1-4-13(9-12)17-8-2-6-15-7-5-14-11-15/h1,3-5,7,9-11H,2,6,8H2. The van der Waals surface area contributed by atoms with Crippen LogP contribution < -0.4 is 4.74 Å². The quantitative estimate of drug-likeness (QED) is 0.564. The summed E-state index contributed by atoms with van der Waals surface area (Å²) < 4.78 is 7.56. The number of imidazole rings is 1. The molecule has 0 aliphatic carbocycles. The minimum Gasteiger partial charge on any atom is -0.494 e. The van der Waals surface area contributed by atoms with E-state index in [9.17, 15) is 4.79 Å². The maximum atomic E-state index is 10.6. The van der Waals surface area contributed by atoms with Crippen LogP contribution >= 0.6 is 0 Å². The topological polar surface area (TPSA) is 44.1 Å². The van der Waals surface area contributed by atoms with Gasteiger partial charge in [0.2, 0.25) is 0 Å². The highest BCUT2D eigenvalue weighted by Gasteiger charge is 1.96. The van der Waals surface area contributed by atoms with Crippen molar-refractivity contribution in [3.05, 3.63) is 48.5 Å². The first-order valence-electron chi connectivity index (χ1n) is 5.52. The molecule has 0 spiro atoms. The second-order valence-electron chi connectivity index (χ2n) is 3.69. The molecule has 0 aliphatic rings. The molecule has 2 aromatic rings. The molecule has 0 radical (unpaired) electrons. The Hall–Kier alpha value is -2.10.